The van der Waals surface area contributed by atoms with Gasteiger partial charge in [-0.2, -0.15) is 13.2 Å². The zero-order valence-corrected chi connectivity index (χ0v) is 17.4. The molecule has 0 aliphatic rings. The molecule has 1 unspecified atom stereocenters. The molecule has 0 saturated heterocycles. The lowest BCUT2D eigenvalue weighted by molar-refractivity contribution is -0.384. The molecular formula is C24H19F3N2O4. The van der Waals surface area contributed by atoms with E-state index in [-0.39, 0.29) is 23.1 Å². The Morgan fingerprint density at radius 2 is 1.70 bits per heavy atom. The van der Waals surface area contributed by atoms with Gasteiger partial charge in [0.1, 0.15) is 5.75 Å². The third kappa shape index (κ3) is 3.91. The van der Waals surface area contributed by atoms with Crippen LogP contribution in [0.4, 0.5) is 18.9 Å². The average Bonchev–Trinajstić information content (AvgIpc) is 3.16. The molecule has 33 heavy (non-hydrogen) atoms. The summed E-state index contributed by atoms with van der Waals surface area (Å²) in [7, 11) is 1.38. The van der Waals surface area contributed by atoms with E-state index in [9.17, 15) is 28.4 Å². The molecule has 4 rings (SSSR count). The van der Waals surface area contributed by atoms with E-state index in [2.05, 4.69) is 0 Å². The van der Waals surface area contributed by atoms with Crippen molar-refractivity contribution in [3.05, 3.63) is 106 Å². The SMILES string of the molecule is COc1ccc(C(O)(c2cn(Cc3ccccc3)c3cc([N+](=O)[O-])ccc23)C(F)(F)F)cc1. The van der Waals surface area contributed by atoms with Gasteiger partial charge in [0.15, 0.2) is 0 Å². The number of aromatic nitrogens is 1. The number of methoxy groups -OCH3 is 1. The van der Waals surface area contributed by atoms with Crippen LogP contribution >= 0.6 is 0 Å². The average molecular weight is 456 g/mol. The third-order valence-corrected chi connectivity index (χ3v) is 5.58. The summed E-state index contributed by atoms with van der Waals surface area (Å²) in [5, 5.41) is 22.6. The first-order valence-electron chi connectivity index (χ1n) is 9.90. The van der Waals surface area contributed by atoms with Crippen molar-refractivity contribution < 1.29 is 27.9 Å². The van der Waals surface area contributed by atoms with Crippen LogP contribution in [0, 0.1) is 10.1 Å². The van der Waals surface area contributed by atoms with Crippen molar-refractivity contribution >= 4 is 16.6 Å². The highest BCUT2D eigenvalue weighted by Gasteiger charge is 2.57. The normalized spacial score (nSPS) is 13.6. The minimum absolute atomic E-state index is 0.0622. The summed E-state index contributed by atoms with van der Waals surface area (Å²) in [5.74, 6) is 0.338. The van der Waals surface area contributed by atoms with E-state index in [4.69, 9.17) is 4.74 Å². The van der Waals surface area contributed by atoms with Crippen LogP contribution in [-0.4, -0.2) is 27.9 Å². The Morgan fingerprint density at radius 1 is 1.03 bits per heavy atom. The number of benzene rings is 3. The highest BCUT2D eigenvalue weighted by atomic mass is 19.4. The molecule has 0 bridgehead atoms. The first-order chi connectivity index (χ1) is 15.6. The summed E-state index contributed by atoms with van der Waals surface area (Å²) >= 11 is 0. The molecule has 6 nitrogen and oxygen atoms in total. The summed E-state index contributed by atoms with van der Waals surface area (Å²) in [4.78, 5) is 10.7. The Labute approximate surface area is 186 Å². The predicted octanol–water partition coefficient (Wildman–Crippen LogP) is 5.40. The molecule has 170 valence electrons. The number of nitro benzene ring substituents is 1. The number of hydrogen-bond acceptors (Lipinski definition) is 4. The maximum absolute atomic E-state index is 14.4. The van der Waals surface area contributed by atoms with Gasteiger partial charge in [-0.05, 0) is 29.3 Å². The number of fused-ring (bicyclic) bond motifs is 1. The fourth-order valence-corrected chi connectivity index (χ4v) is 3.90. The molecule has 0 fully saturated rings. The van der Waals surface area contributed by atoms with Gasteiger partial charge in [0, 0.05) is 35.8 Å². The second-order valence-electron chi connectivity index (χ2n) is 7.55. The lowest BCUT2D eigenvalue weighted by Crippen LogP contribution is -2.43. The van der Waals surface area contributed by atoms with E-state index in [1.54, 1.807) is 30.3 Å². The number of nitrogens with zero attached hydrogens (tertiary/aromatic N) is 2. The molecule has 1 N–H and O–H groups in total. The molecule has 0 aliphatic carbocycles. The van der Waals surface area contributed by atoms with Crippen LogP contribution < -0.4 is 4.74 Å². The van der Waals surface area contributed by atoms with Crippen LogP contribution in [0.1, 0.15) is 16.7 Å². The van der Waals surface area contributed by atoms with E-state index >= 15 is 0 Å². The van der Waals surface area contributed by atoms with E-state index in [0.29, 0.717) is 5.75 Å². The first-order valence-corrected chi connectivity index (χ1v) is 9.90. The molecule has 1 atom stereocenters. The maximum Gasteiger partial charge on any atom is 0.425 e. The highest BCUT2D eigenvalue weighted by Crippen LogP contribution is 2.47. The van der Waals surface area contributed by atoms with Gasteiger partial charge in [-0.25, -0.2) is 0 Å². The largest absolute Gasteiger partial charge is 0.497 e. The molecule has 0 amide bonds. The monoisotopic (exact) mass is 456 g/mol. The number of halogens is 3. The van der Waals surface area contributed by atoms with Crippen LogP contribution in [0.15, 0.2) is 79.0 Å². The number of hydrogen-bond donors (Lipinski definition) is 1. The molecule has 0 spiro atoms. The second-order valence-corrected chi connectivity index (χ2v) is 7.55. The molecule has 0 aliphatic heterocycles. The summed E-state index contributed by atoms with van der Waals surface area (Å²) < 4.78 is 49.8. The van der Waals surface area contributed by atoms with Crippen LogP contribution in [0.5, 0.6) is 5.75 Å². The number of rotatable bonds is 6. The Bertz CT molecular complexity index is 1300. The topological polar surface area (TPSA) is 77.5 Å². The van der Waals surface area contributed by atoms with Crippen molar-refractivity contribution in [1.82, 2.24) is 4.57 Å². The highest BCUT2D eigenvalue weighted by molar-refractivity contribution is 5.87. The zero-order chi connectivity index (χ0) is 23.8. The van der Waals surface area contributed by atoms with Gasteiger partial charge in [-0.3, -0.25) is 10.1 Å². The summed E-state index contributed by atoms with van der Waals surface area (Å²) in [5.41, 5.74) is -3.43. The quantitative estimate of drug-likeness (QED) is 0.311. The van der Waals surface area contributed by atoms with Crippen LogP contribution in [0.25, 0.3) is 10.9 Å². The van der Waals surface area contributed by atoms with Crippen molar-refractivity contribution in [2.75, 3.05) is 7.11 Å². The molecular weight excluding hydrogens is 437 g/mol. The zero-order valence-electron chi connectivity index (χ0n) is 17.4. The number of ether oxygens (including phenoxy) is 1. The summed E-state index contributed by atoms with van der Waals surface area (Å²) in [6, 6.07) is 17.5. The van der Waals surface area contributed by atoms with E-state index in [0.717, 1.165) is 23.8 Å². The third-order valence-electron chi connectivity index (χ3n) is 5.58. The fourth-order valence-electron chi connectivity index (χ4n) is 3.90. The van der Waals surface area contributed by atoms with Crippen molar-refractivity contribution in [2.45, 2.75) is 18.3 Å². The van der Waals surface area contributed by atoms with E-state index in [1.165, 1.54) is 42.1 Å². The Hall–Kier alpha value is -3.85. The lowest BCUT2D eigenvalue weighted by atomic mass is 9.85. The predicted molar refractivity (Wildman–Crippen MR) is 116 cm³/mol. The number of aliphatic hydroxyl groups is 1. The van der Waals surface area contributed by atoms with Crippen molar-refractivity contribution in [1.29, 1.82) is 0 Å². The first kappa shape index (κ1) is 22.3. The smallest absolute Gasteiger partial charge is 0.425 e. The Balaban J connectivity index is 1.98. The van der Waals surface area contributed by atoms with Crippen molar-refractivity contribution in [3.8, 4) is 5.75 Å². The summed E-state index contributed by atoms with van der Waals surface area (Å²) in [6.07, 6.45) is -3.87. The maximum atomic E-state index is 14.4. The Morgan fingerprint density at radius 3 is 2.27 bits per heavy atom. The van der Waals surface area contributed by atoms with Crippen LogP contribution in [-0.2, 0) is 12.1 Å². The summed E-state index contributed by atoms with van der Waals surface area (Å²) in [6.45, 7) is 0.162. The van der Waals surface area contributed by atoms with Crippen LogP contribution in [0.3, 0.4) is 0 Å². The molecule has 3 aromatic carbocycles. The molecule has 9 heteroatoms. The van der Waals surface area contributed by atoms with Gasteiger partial charge in [-0.1, -0.05) is 42.5 Å². The van der Waals surface area contributed by atoms with Crippen molar-refractivity contribution in [3.63, 3.8) is 0 Å². The number of alkyl halides is 3. The fraction of sp³-hybridized carbons (Fsp3) is 0.167. The van der Waals surface area contributed by atoms with Gasteiger partial charge in [0.25, 0.3) is 5.69 Å². The molecule has 0 saturated carbocycles. The van der Waals surface area contributed by atoms with E-state index < -0.39 is 27.8 Å². The number of nitro groups is 1. The van der Waals surface area contributed by atoms with Gasteiger partial charge in [0.2, 0.25) is 5.60 Å². The van der Waals surface area contributed by atoms with Gasteiger partial charge >= 0.3 is 6.18 Å². The molecule has 1 heterocycles. The molecule has 0 radical (unpaired) electrons. The van der Waals surface area contributed by atoms with Gasteiger partial charge < -0.3 is 14.4 Å². The van der Waals surface area contributed by atoms with Crippen molar-refractivity contribution in [2.24, 2.45) is 0 Å². The Kier molecular flexibility index (Phi) is 5.59. The molecule has 4 aromatic rings. The van der Waals surface area contributed by atoms with Gasteiger partial charge in [0.05, 0.1) is 17.5 Å². The number of non-ortho nitro benzene ring substituents is 1. The standard InChI is InChI=1S/C24H19F3N2O4/c1-33-19-10-7-17(8-11-19)23(30,24(25,26)27)21-15-28(14-16-5-3-2-4-6-16)22-13-18(29(31)32)9-12-20(21)22/h2-13,15,30H,14H2,1H3. The lowest BCUT2D eigenvalue weighted by Gasteiger charge is -2.31. The minimum atomic E-state index is -5.07. The minimum Gasteiger partial charge on any atom is -0.497 e. The van der Waals surface area contributed by atoms with E-state index in [1.807, 2.05) is 0 Å². The van der Waals surface area contributed by atoms with Gasteiger partial charge in [-0.15, -0.1) is 0 Å². The molecule has 1 aromatic heterocycles. The second kappa shape index (κ2) is 8.25. The van der Waals surface area contributed by atoms with Crippen LogP contribution in [0.2, 0.25) is 0 Å².